The van der Waals surface area contributed by atoms with Gasteiger partial charge in [-0.1, -0.05) is 55.7 Å². The molecular formula is C26H30N2O2. The molecule has 0 radical (unpaired) electrons. The Hall–Kier alpha value is -2.75. The highest BCUT2D eigenvalue weighted by atomic mass is 16.5. The number of fused-ring (bicyclic) bond motifs is 3. The molecule has 1 amide bonds. The van der Waals surface area contributed by atoms with Crippen molar-refractivity contribution in [2.24, 2.45) is 5.92 Å². The summed E-state index contributed by atoms with van der Waals surface area (Å²) in [6.07, 6.45) is 11.5. The quantitative estimate of drug-likeness (QED) is 0.656. The Bertz CT molecular complexity index is 961. The van der Waals surface area contributed by atoms with Gasteiger partial charge in [0, 0.05) is 12.0 Å². The Kier molecular flexibility index (Phi) is 5.24. The number of para-hydroxylation sites is 1. The normalized spacial score (nSPS) is 25.2. The lowest BCUT2D eigenvalue weighted by Crippen LogP contribution is -2.37. The molecule has 1 fully saturated rings. The van der Waals surface area contributed by atoms with Gasteiger partial charge in [-0.05, 0) is 54.5 Å². The second-order valence-electron chi connectivity index (χ2n) is 8.83. The van der Waals surface area contributed by atoms with E-state index in [9.17, 15) is 4.79 Å². The van der Waals surface area contributed by atoms with Crippen molar-refractivity contribution in [3.05, 3.63) is 71.3 Å². The van der Waals surface area contributed by atoms with Crippen LogP contribution in [0.2, 0.25) is 0 Å². The van der Waals surface area contributed by atoms with Gasteiger partial charge in [-0.3, -0.25) is 4.79 Å². The Morgan fingerprint density at radius 3 is 2.77 bits per heavy atom. The molecule has 0 spiro atoms. The number of hydrogen-bond acceptors (Lipinski definition) is 3. The summed E-state index contributed by atoms with van der Waals surface area (Å²) >= 11 is 0. The van der Waals surface area contributed by atoms with Crippen LogP contribution >= 0.6 is 0 Å². The van der Waals surface area contributed by atoms with Gasteiger partial charge in [0.15, 0.2) is 0 Å². The number of ether oxygens (including phenoxy) is 1. The first kappa shape index (κ1) is 19.2. The van der Waals surface area contributed by atoms with Crippen LogP contribution in [0, 0.1) is 5.92 Å². The van der Waals surface area contributed by atoms with Crippen LogP contribution in [-0.2, 0) is 0 Å². The third kappa shape index (κ3) is 3.49. The van der Waals surface area contributed by atoms with Gasteiger partial charge in [-0.15, -0.1) is 0 Å². The molecule has 30 heavy (non-hydrogen) atoms. The minimum atomic E-state index is 0.0519. The number of carbonyl (C=O) groups excluding carboxylic acids is 1. The average molecular weight is 403 g/mol. The second kappa shape index (κ2) is 8.17. The zero-order valence-corrected chi connectivity index (χ0v) is 17.6. The maximum absolute atomic E-state index is 13.2. The minimum Gasteiger partial charge on any atom is -0.497 e. The monoisotopic (exact) mass is 402 g/mol. The predicted molar refractivity (Wildman–Crippen MR) is 120 cm³/mol. The van der Waals surface area contributed by atoms with Crippen molar-refractivity contribution in [2.45, 2.75) is 56.5 Å². The van der Waals surface area contributed by atoms with Gasteiger partial charge in [0.1, 0.15) is 5.75 Å². The molecule has 0 bridgehead atoms. The molecule has 2 aromatic rings. The fraction of sp³-hybridized carbons (Fsp3) is 0.423. The summed E-state index contributed by atoms with van der Waals surface area (Å²) in [5.74, 6) is 1.70. The van der Waals surface area contributed by atoms with E-state index in [-0.39, 0.29) is 11.9 Å². The van der Waals surface area contributed by atoms with Crippen LogP contribution in [0.5, 0.6) is 5.75 Å². The molecule has 4 heteroatoms. The van der Waals surface area contributed by atoms with E-state index in [0.717, 1.165) is 36.3 Å². The maximum atomic E-state index is 13.2. The van der Waals surface area contributed by atoms with E-state index >= 15 is 0 Å². The van der Waals surface area contributed by atoms with Gasteiger partial charge < -0.3 is 15.4 Å². The summed E-state index contributed by atoms with van der Waals surface area (Å²) in [4.78, 5) is 13.2. The number of rotatable bonds is 4. The number of methoxy groups -OCH3 is 1. The van der Waals surface area contributed by atoms with E-state index < -0.39 is 0 Å². The minimum absolute atomic E-state index is 0.0519. The van der Waals surface area contributed by atoms with E-state index in [4.69, 9.17) is 4.74 Å². The predicted octanol–water partition coefficient (Wildman–Crippen LogP) is 5.58. The summed E-state index contributed by atoms with van der Waals surface area (Å²) < 4.78 is 5.47. The van der Waals surface area contributed by atoms with Crippen LogP contribution < -0.4 is 15.4 Å². The Morgan fingerprint density at radius 1 is 1.10 bits per heavy atom. The molecule has 1 aliphatic heterocycles. The van der Waals surface area contributed by atoms with Crippen LogP contribution in [0.15, 0.2) is 54.6 Å². The number of carbonyl (C=O) groups is 1. The smallest absolute Gasteiger partial charge is 0.253 e. The van der Waals surface area contributed by atoms with Crippen molar-refractivity contribution in [3.8, 4) is 5.75 Å². The van der Waals surface area contributed by atoms with Gasteiger partial charge in [-0.2, -0.15) is 0 Å². The molecule has 3 atom stereocenters. The molecule has 2 aliphatic carbocycles. The fourth-order valence-electron chi connectivity index (χ4n) is 5.49. The highest BCUT2D eigenvalue weighted by Gasteiger charge is 2.39. The maximum Gasteiger partial charge on any atom is 0.253 e. The van der Waals surface area contributed by atoms with E-state index in [2.05, 4.69) is 41.0 Å². The Morgan fingerprint density at radius 2 is 1.93 bits per heavy atom. The van der Waals surface area contributed by atoms with Crippen molar-refractivity contribution < 1.29 is 9.53 Å². The number of amides is 1. The van der Waals surface area contributed by atoms with Crippen molar-refractivity contribution in [3.63, 3.8) is 0 Å². The molecule has 0 saturated heterocycles. The molecule has 0 aromatic heterocycles. The molecule has 156 valence electrons. The van der Waals surface area contributed by atoms with Gasteiger partial charge in [-0.25, -0.2) is 0 Å². The van der Waals surface area contributed by atoms with Crippen molar-refractivity contribution >= 4 is 11.6 Å². The lowest BCUT2D eigenvalue weighted by atomic mass is 9.76. The first-order valence-corrected chi connectivity index (χ1v) is 11.3. The second-order valence-corrected chi connectivity index (χ2v) is 8.83. The largest absolute Gasteiger partial charge is 0.497 e. The topological polar surface area (TPSA) is 50.4 Å². The Balaban J connectivity index is 1.49. The Labute approximate surface area is 178 Å². The number of hydrogen-bond donors (Lipinski definition) is 2. The van der Waals surface area contributed by atoms with E-state index in [0.29, 0.717) is 17.9 Å². The van der Waals surface area contributed by atoms with Crippen LogP contribution in [0.1, 0.15) is 72.0 Å². The number of allylic oxidation sites excluding steroid dienone is 2. The summed E-state index contributed by atoms with van der Waals surface area (Å²) in [5, 5.41) is 7.07. The highest BCUT2D eigenvalue weighted by molar-refractivity contribution is 6.01. The van der Waals surface area contributed by atoms with Gasteiger partial charge in [0.2, 0.25) is 0 Å². The molecule has 5 rings (SSSR count). The van der Waals surface area contributed by atoms with Crippen LogP contribution in [0.4, 0.5) is 5.69 Å². The summed E-state index contributed by atoms with van der Waals surface area (Å²) in [6, 6.07) is 14.9. The number of nitrogens with one attached hydrogen (secondary N) is 2. The first-order chi connectivity index (χ1) is 14.7. The van der Waals surface area contributed by atoms with Crippen LogP contribution in [-0.4, -0.2) is 19.1 Å². The third-order valence-electron chi connectivity index (χ3n) is 7.03. The number of benzene rings is 2. The van der Waals surface area contributed by atoms with Crippen LogP contribution in [0.25, 0.3) is 0 Å². The SMILES string of the molecule is COc1cccc(C2Nc3c(C(=O)NC4CCCCC4)cccc3C3C=CCC32)c1. The van der Waals surface area contributed by atoms with Crippen molar-refractivity contribution in [1.82, 2.24) is 5.32 Å². The van der Waals surface area contributed by atoms with E-state index in [1.54, 1.807) is 7.11 Å². The molecule has 1 saturated carbocycles. The zero-order chi connectivity index (χ0) is 20.5. The molecule has 4 nitrogen and oxygen atoms in total. The number of anilines is 1. The molecular weight excluding hydrogens is 372 g/mol. The standard InChI is InChI=1S/C26H30N2O2/c1-30-19-11-5-8-17(16-19)24-21-13-6-12-20(21)22-14-7-15-23(25(22)28-24)26(29)27-18-9-3-2-4-10-18/h5-8,11-12,14-16,18,20-21,24,28H,2-4,9-10,13H2,1H3,(H,27,29). The highest BCUT2D eigenvalue weighted by Crippen LogP contribution is 2.50. The van der Waals surface area contributed by atoms with E-state index in [1.807, 2.05) is 24.3 Å². The molecule has 3 unspecified atom stereocenters. The lowest BCUT2D eigenvalue weighted by Gasteiger charge is -2.38. The molecule has 2 N–H and O–H groups in total. The summed E-state index contributed by atoms with van der Waals surface area (Å²) in [6.45, 7) is 0. The summed E-state index contributed by atoms with van der Waals surface area (Å²) in [5.41, 5.74) is 4.21. The lowest BCUT2D eigenvalue weighted by molar-refractivity contribution is 0.0928. The van der Waals surface area contributed by atoms with Crippen LogP contribution in [0.3, 0.4) is 0 Å². The fourth-order valence-corrected chi connectivity index (χ4v) is 5.49. The van der Waals surface area contributed by atoms with Crippen molar-refractivity contribution in [2.75, 3.05) is 12.4 Å². The van der Waals surface area contributed by atoms with Gasteiger partial charge in [0.25, 0.3) is 5.91 Å². The molecule has 3 aliphatic rings. The van der Waals surface area contributed by atoms with Gasteiger partial charge in [0.05, 0.1) is 24.4 Å². The average Bonchev–Trinajstić information content (AvgIpc) is 3.29. The summed E-state index contributed by atoms with van der Waals surface area (Å²) in [7, 11) is 1.70. The molecule has 1 heterocycles. The van der Waals surface area contributed by atoms with E-state index in [1.165, 1.54) is 30.4 Å². The third-order valence-corrected chi connectivity index (χ3v) is 7.03. The van der Waals surface area contributed by atoms with Gasteiger partial charge >= 0.3 is 0 Å². The van der Waals surface area contributed by atoms with Crippen molar-refractivity contribution in [1.29, 1.82) is 0 Å². The molecule has 2 aromatic carbocycles. The first-order valence-electron chi connectivity index (χ1n) is 11.3. The zero-order valence-electron chi connectivity index (χ0n) is 17.6.